The Morgan fingerprint density at radius 3 is 1.82 bits per heavy atom. The van der Waals surface area contributed by atoms with E-state index in [-0.39, 0.29) is 5.41 Å². The second kappa shape index (κ2) is 5.54. The molecule has 96 valence electrons. The molecule has 0 aromatic heterocycles. The molecular weight excluding hydrogens is 236 g/mol. The summed E-state index contributed by atoms with van der Waals surface area (Å²) in [7, 11) is 4.89. The Morgan fingerprint density at radius 2 is 1.41 bits per heavy atom. The lowest BCUT2D eigenvalue weighted by Crippen LogP contribution is -2.20. The van der Waals surface area contributed by atoms with Crippen LogP contribution in [0.15, 0.2) is 12.1 Å². The summed E-state index contributed by atoms with van der Waals surface area (Å²) in [6, 6.07) is 3.80. The van der Waals surface area contributed by atoms with E-state index in [0.717, 1.165) is 17.1 Å². The van der Waals surface area contributed by atoms with Gasteiger partial charge in [0.05, 0.1) is 21.3 Å². The molecule has 0 fully saturated rings. The van der Waals surface area contributed by atoms with Crippen molar-refractivity contribution in [3.05, 3.63) is 17.7 Å². The summed E-state index contributed by atoms with van der Waals surface area (Å²) < 4.78 is 16.0. The smallest absolute Gasteiger partial charge is 0.164 e. The van der Waals surface area contributed by atoms with E-state index in [0.29, 0.717) is 11.5 Å². The van der Waals surface area contributed by atoms with E-state index in [1.807, 2.05) is 12.1 Å². The van der Waals surface area contributed by atoms with Gasteiger partial charge in [-0.05, 0) is 11.8 Å². The van der Waals surface area contributed by atoms with Gasteiger partial charge in [-0.2, -0.15) is 12.6 Å². The van der Waals surface area contributed by atoms with Crippen LogP contribution in [0.3, 0.4) is 0 Å². The molecule has 0 spiro atoms. The summed E-state index contributed by atoms with van der Waals surface area (Å²) in [5.41, 5.74) is 0.973. The summed E-state index contributed by atoms with van der Waals surface area (Å²) in [5.74, 6) is 2.89. The van der Waals surface area contributed by atoms with Crippen molar-refractivity contribution in [2.75, 3.05) is 27.1 Å². The standard InChI is InChI=1S/C13H20O3S/c1-13(2,8-17)9-6-11(15-4)12(16-5)7-10(9)14-3/h6-7,17H,8H2,1-5H3. The normalized spacial score (nSPS) is 11.2. The predicted octanol–water partition coefficient (Wildman–Crippen LogP) is 2.92. The minimum absolute atomic E-state index is 0.0893. The average Bonchev–Trinajstić information content (AvgIpc) is 2.36. The zero-order valence-corrected chi connectivity index (χ0v) is 11.9. The number of hydrogen-bond acceptors (Lipinski definition) is 4. The van der Waals surface area contributed by atoms with Crippen molar-refractivity contribution in [2.45, 2.75) is 19.3 Å². The number of methoxy groups -OCH3 is 3. The molecule has 0 aliphatic heterocycles. The third-order valence-corrected chi connectivity index (χ3v) is 3.62. The third kappa shape index (κ3) is 2.80. The van der Waals surface area contributed by atoms with E-state index < -0.39 is 0 Å². The lowest BCUT2D eigenvalue weighted by atomic mass is 9.85. The number of benzene rings is 1. The van der Waals surface area contributed by atoms with Gasteiger partial charge in [0, 0.05) is 17.0 Å². The van der Waals surface area contributed by atoms with Crippen LogP contribution in [-0.2, 0) is 5.41 Å². The second-order valence-corrected chi connectivity index (χ2v) is 4.77. The molecule has 0 N–H and O–H groups in total. The van der Waals surface area contributed by atoms with Crippen LogP contribution < -0.4 is 14.2 Å². The molecule has 0 radical (unpaired) electrons. The zero-order valence-electron chi connectivity index (χ0n) is 11.0. The van der Waals surface area contributed by atoms with Gasteiger partial charge in [-0.15, -0.1) is 0 Å². The molecule has 0 atom stereocenters. The van der Waals surface area contributed by atoms with Crippen molar-refractivity contribution in [3.8, 4) is 17.2 Å². The summed E-state index contributed by atoms with van der Waals surface area (Å²) >= 11 is 4.38. The summed E-state index contributed by atoms with van der Waals surface area (Å²) in [6.07, 6.45) is 0. The van der Waals surface area contributed by atoms with Crippen LogP contribution >= 0.6 is 12.6 Å². The lowest BCUT2D eigenvalue weighted by Gasteiger charge is -2.26. The minimum Gasteiger partial charge on any atom is -0.496 e. The molecule has 1 rings (SSSR count). The summed E-state index contributed by atoms with van der Waals surface area (Å²) in [4.78, 5) is 0. The largest absolute Gasteiger partial charge is 0.496 e. The van der Waals surface area contributed by atoms with Crippen LogP contribution in [0.4, 0.5) is 0 Å². The van der Waals surface area contributed by atoms with E-state index in [2.05, 4.69) is 26.5 Å². The van der Waals surface area contributed by atoms with Crippen molar-refractivity contribution in [2.24, 2.45) is 0 Å². The maximum Gasteiger partial charge on any atom is 0.164 e. The van der Waals surface area contributed by atoms with Crippen LogP contribution in [0.5, 0.6) is 17.2 Å². The fourth-order valence-electron chi connectivity index (χ4n) is 1.64. The average molecular weight is 256 g/mol. The van der Waals surface area contributed by atoms with Crippen molar-refractivity contribution >= 4 is 12.6 Å². The summed E-state index contributed by atoms with van der Waals surface area (Å²) in [6.45, 7) is 4.23. The molecule has 4 heteroatoms. The van der Waals surface area contributed by atoms with Crippen LogP contribution in [-0.4, -0.2) is 27.1 Å². The van der Waals surface area contributed by atoms with Crippen LogP contribution in [0.1, 0.15) is 19.4 Å². The molecule has 0 saturated heterocycles. The van der Waals surface area contributed by atoms with Gasteiger partial charge in [-0.3, -0.25) is 0 Å². The quantitative estimate of drug-likeness (QED) is 0.821. The van der Waals surface area contributed by atoms with Crippen LogP contribution in [0.2, 0.25) is 0 Å². The molecular formula is C13H20O3S. The van der Waals surface area contributed by atoms with Gasteiger partial charge < -0.3 is 14.2 Å². The topological polar surface area (TPSA) is 27.7 Å². The van der Waals surface area contributed by atoms with E-state index in [9.17, 15) is 0 Å². The Bertz CT molecular complexity index is 388. The van der Waals surface area contributed by atoms with Crippen molar-refractivity contribution in [1.82, 2.24) is 0 Å². The van der Waals surface area contributed by atoms with Gasteiger partial charge in [0.1, 0.15) is 5.75 Å². The minimum atomic E-state index is -0.0893. The van der Waals surface area contributed by atoms with Crippen LogP contribution in [0, 0.1) is 0 Å². The van der Waals surface area contributed by atoms with Gasteiger partial charge in [0.25, 0.3) is 0 Å². The van der Waals surface area contributed by atoms with E-state index in [1.165, 1.54) is 0 Å². The first kappa shape index (κ1) is 14.0. The predicted molar refractivity (Wildman–Crippen MR) is 73.0 cm³/mol. The Hall–Kier alpha value is -1.03. The second-order valence-electron chi connectivity index (χ2n) is 4.45. The van der Waals surface area contributed by atoms with Gasteiger partial charge >= 0.3 is 0 Å². The van der Waals surface area contributed by atoms with Gasteiger partial charge in [0.2, 0.25) is 0 Å². The Morgan fingerprint density at radius 1 is 0.941 bits per heavy atom. The van der Waals surface area contributed by atoms with Crippen molar-refractivity contribution in [3.63, 3.8) is 0 Å². The van der Waals surface area contributed by atoms with Crippen molar-refractivity contribution < 1.29 is 14.2 Å². The molecule has 0 heterocycles. The lowest BCUT2D eigenvalue weighted by molar-refractivity contribution is 0.344. The van der Waals surface area contributed by atoms with E-state index in [1.54, 1.807) is 21.3 Å². The third-order valence-electron chi connectivity index (χ3n) is 2.83. The van der Waals surface area contributed by atoms with E-state index in [4.69, 9.17) is 14.2 Å². The molecule has 1 aromatic rings. The monoisotopic (exact) mass is 256 g/mol. The fraction of sp³-hybridized carbons (Fsp3) is 0.538. The highest BCUT2D eigenvalue weighted by molar-refractivity contribution is 7.80. The van der Waals surface area contributed by atoms with Gasteiger partial charge in [0.15, 0.2) is 11.5 Å². The molecule has 0 bridgehead atoms. The number of ether oxygens (including phenoxy) is 3. The molecule has 0 amide bonds. The summed E-state index contributed by atoms with van der Waals surface area (Å²) in [5, 5.41) is 0. The highest BCUT2D eigenvalue weighted by atomic mass is 32.1. The molecule has 0 unspecified atom stereocenters. The Balaban J connectivity index is 3.38. The van der Waals surface area contributed by atoms with Gasteiger partial charge in [-0.25, -0.2) is 0 Å². The highest BCUT2D eigenvalue weighted by Gasteiger charge is 2.25. The first-order valence-electron chi connectivity index (χ1n) is 5.41. The maximum atomic E-state index is 5.41. The number of thiol groups is 1. The fourth-order valence-corrected chi connectivity index (χ4v) is 1.81. The van der Waals surface area contributed by atoms with Crippen molar-refractivity contribution in [1.29, 1.82) is 0 Å². The molecule has 17 heavy (non-hydrogen) atoms. The van der Waals surface area contributed by atoms with Crippen LogP contribution in [0.25, 0.3) is 0 Å². The number of rotatable bonds is 5. The molecule has 3 nitrogen and oxygen atoms in total. The Labute approximate surface area is 108 Å². The zero-order chi connectivity index (χ0) is 13.1. The first-order chi connectivity index (χ1) is 8.00. The SMILES string of the molecule is COc1cc(OC)c(C(C)(C)CS)cc1OC. The first-order valence-corrected chi connectivity index (χ1v) is 6.04. The molecule has 0 aliphatic rings. The Kier molecular flexibility index (Phi) is 4.57. The van der Waals surface area contributed by atoms with Gasteiger partial charge in [-0.1, -0.05) is 13.8 Å². The number of hydrogen-bond donors (Lipinski definition) is 1. The van der Waals surface area contributed by atoms with E-state index >= 15 is 0 Å². The maximum absolute atomic E-state index is 5.41. The highest BCUT2D eigenvalue weighted by Crippen LogP contribution is 2.40. The molecule has 0 aliphatic carbocycles. The molecule has 1 aromatic carbocycles. The molecule has 0 saturated carbocycles.